The Morgan fingerprint density at radius 2 is 1.88 bits per heavy atom. The van der Waals surface area contributed by atoms with Crippen LogP contribution in [0.25, 0.3) is 0 Å². The van der Waals surface area contributed by atoms with Gasteiger partial charge in [0.25, 0.3) is 0 Å². The van der Waals surface area contributed by atoms with Gasteiger partial charge >= 0.3 is 10.2 Å². The van der Waals surface area contributed by atoms with Crippen molar-refractivity contribution in [2.45, 2.75) is 40.2 Å². The number of ether oxygens (including phenoxy) is 1. The molecule has 1 heterocycles. The molecule has 0 spiro atoms. The van der Waals surface area contributed by atoms with E-state index in [0.29, 0.717) is 50.5 Å². The standard InChI is InChI=1S/C24H33N3O4S/c1-4-27(22-12-14-23(15-13-22)31-5-2)32(29,30)26-16-8-11-21(18-26)24(28)25-17-20-10-7-6-9-19(20)3/h6-7,9-10,12-15,21H,4-5,8,11,16-18H2,1-3H3,(H,25,28). The van der Waals surface area contributed by atoms with Crippen LogP contribution in [0.3, 0.4) is 0 Å². The van der Waals surface area contributed by atoms with Gasteiger partial charge in [0.1, 0.15) is 5.75 Å². The molecule has 3 rings (SSSR count). The lowest BCUT2D eigenvalue weighted by Crippen LogP contribution is -2.50. The highest BCUT2D eigenvalue weighted by Gasteiger charge is 2.35. The number of carbonyl (C=O) groups is 1. The number of hydrogen-bond acceptors (Lipinski definition) is 4. The van der Waals surface area contributed by atoms with Crippen LogP contribution in [-0.2, 0) is 21.5 Å². The molecule has 0 bridgehead atoms. The molecule has 0 saturated carbocycles. The molecule has 1 fully saturated rings. The summed E-state index contributed by atoms with van der Waals surface area (Å²) in [6.45, 7) is 7.63. The first-order valence-corrected chi connectivity index (χ1v) is 12.6. The maximum Gasteiger partial charge on any atom is 0.304 e. The van der Waals surface area contributed by atoms with Crippen LogP contribution in [0, 0.1) is 12.8 Å². The summed E-state index contributed by atoms with van der Waals surface area (Å²) in [5.41, 5.74) is 2.77. The van der Waals surface area contributed by atoms with Gasteiger partial charge in [0.2, 0.25) is 5.91 Å². The average molecular weight is 460 g/mol. The van der Waals surface area contributed by atoms with E-state index >= 15 is 0 Å². The first-order chi connectivity index (χ1) is 15.4. The number of carbonyl (C=O) groups excluding carboxylic acids is 1. The van der Waals surface area contributed by atoms with Gasteiger partial charge in [-0.25, -0.2) is 0 Å². The van der Waals surface area contributed by atoms with Gasteiger partial charge in [-0.05, 0) is 69.0 Å². The Bertz CT molecular complexity index is 1010. The summed E-state index contributed by atoms with van der Waals surface area (Å²) in [4.78, 5) is 12.8. The number of piperidine rings is 1. The predicted molar refractivity (Wildman–Crippen MR) is 127 cm³/mol. The van der Waals surface area contributed by atoms with Crippen molar-refractivity contribution in [3.05, 3.63) is 59.7 Å². The first kappa shape index (κ1) is 24.1. The molecule has 2 aromatic rings. The average Bonchev–Trinajstić information content (AvgIpc) is 2.80. The first-order valence-electron chi connectivity index (χ1n) is 11.2. The number of hydrogen-bond donors (Lipinski definition) is 1. The van der Waals surface area contributed by atoms with E-state index in [1.165, 1.54) is 8.61 Å². The normalized spacial score (nSPS) is 17.0. The molecule has 1 aliphatic heterocycles. The molecule has 1 amide bonds. The van der Waals surface area contributed by atoms with Crippen molar-refractivity contribution < 1.29 is 17.9 Å². The van der Waals surface area contributed by atoms with Gasteiger partial charge in [-0.2, -0.15) is 12.7 Å². The van der Waals surface area contributed by atoms with Crippen molar-refractivity contribution in [2.24, 2.45) is 5.92 Å². The molecule has 174 valence electrons. The smallest absolute Gasteiger partial charge is 0.304 e. The van der Waals surface area contributed by atoms with Gasteiger partial charge in [-0.3, -0.25) is 9.10 Å². The van der Waals surface area contributed by atoms with Crippen LogP contribution in [-0.4, -0.2) is 44.9 Å². The topological polar surface area (TPSA) is 79.0 Å². The number of anilines is 1. The molecule has 1 saturated heterocycles. The minimum atomic E-state index is -3.75. The predicted octanol–water partition coefficient (Wildman–Crippen LogP) is 3.49. The molecule has 1 N–H and O–H groups in total. The molecule has 8 heteroatoms. The van der Waals surface area contributed by atoms with Gasteiger partial charge in [-0.1, -0.05) is 24.3 Å². The van der Waals surface area contributed by atoms with Crippen LogP contribution in [0.15, 0.2) is 48.5 Å². The molecule has 0 radical (unpaired) electrons. The fourth-order valence-corrected chi connectivity index (χ4v) is 5.72. The number of rotatable bonds is 9. The van der Waals surface area contributed by atoms with E-state index in [-0.39, 0.29) is 18.4 Å². The second-order valence-corrected chi connectivity index (χ2v) is 9.79. The van der Waals surface area contributed by atoms with E-state index in [2.05, 4.69) is 5.32 Å². The third kappa shape index (κ3) is 5.61. The number of amides is 1. The van der Waals surface area contributed by atoms with Crippen LogP contribution in [0.1, 0.15) is 37.8 Å². The Kier molecular flexibility index (Phi) is 8.15. The van der Waals surface area contributed by atoms with Crippen LogP contribution in [0.4, 0.5) is 5.69 Å². The van der Waals surface area contributed by atoms with Gasteiger partial charge in [0.05, 0.1) is 18.2 Å². The number of aryl methyl sites for hydroxylation is 1. The molecule has 32 heavy (non-hydrogen) atoms. The van der Waals surface area contributed by atoms with Gasteiger partial charge < -0.3 is 10.1 Å². The van der Waals surface area contributed by atoms with Gasteiger partial charge in [0, 0.05) is 26.2 Å². The van der Waals surface area contributed by atoms with Crippen molar-refractivity contribution >= 4 is 21.8 Å². The van der Waals surface area contributed by atoms with E-state index in [0.717, 1.165) is 11.1 Å². The largest absolute Gasteiger partial charge is 0.494 e. The summed E-state index contributed by atoms with van der Waals surface area (Å²) in [6.07, 6.45) is 1.34. The highest BCUT2D eigenvalue weighted by Crippen LogP contribution is 2.27. The Hall–Kier alpha value is -2.58. The van der Waals surface area contributed by atoms with Crippen molar-refractivity contribution in [1.82, 2.24) is 9.62 Å². The van der Waals surface area contributed by atoms with E-state index in [9.17, 15) is 13.2 Å². The zero-order valence-electron chi connectivity index (χ0n) is 19.1. The molecule has 1 unspecified atom stereocenters. The summed E-state index contributed by atoms with van der Waals surface area (Å²) in [5.74, 6) is 0.243. The number of nitrogens with zero attached hydrogens (tertiary/aromatic N) is 2. The quantitative estimate of drug-likeness (QED) is 0.623. The maximum absolute atomic E-state index is 13.4. The number of nitrogens with one attached hydrogen (secondary N) is 1. The Morgan fingerprint density at radius 3 is 2.53 bits per heavy atom. The molecular weight excluding hydrogens is 426 g/mol. The molecule has 0 aromatic heterocycles. The summed E-state index contributed by atoms with van der Waals surface area (Å²) in [5, 5.41) is 2.99. The monoisotopic (exact) mass is 459 g/mol. The Morgan fingerprint density at radius 1 is 1.16 bits per heavy atom. The summed E-state index contributed by atoms with van der Waals surface area (Å²) < 4.78 is 35.1. The lowest BCUT2D eigenvalue weighted by atomic mass is 9.98. The van der Waals surface area contributed by atoms with E-state index in [1.807, 2.05) is 45.0 Å². The van der Waals surface area contributed by atoms with Crippen molar-refractivity contribution in [3.8, 4) is 5.75 Å². The van der Waals surface area contributed by atoms with Crippen LogP contribution in [0.2, 0.25) is 0 Å². The zero-order valence-corrected chi connectivity index (χ0v) is 19.9. The SMILES string of the molecule is CCOc1ccc(N(CC)S(=O)(=O)N2CCCC(C(=O)NCc3ccccc3C)C2)cc1. The van der Waals surface area contributed by atoms with Crippen molar-refractivity contribution in [1.29, 1.82) is 0 Å². The van der Waals surface area contributed by atoms with E-state index < -0.39 is 10.2 Å². The lowest BCUT2D eigenvalue weighted by Gasteiger charge is -2.35. The Balaban J connectivity index is 1.67. The van der Waals surface area contributed by atoms with Crippen LogP contribution >= 0.6 is 0 Å². The summed E-state index contributed by atoms with van der Waals surface area (Å²) >= 11 is 0. The highest BCUT2D eigenvalue weighted by molar-refractivity contribution is 7.90. The van der Waals surface area contributed by atoms with Crippen LogP contribution < -0.4 is 14.4 Å². The zero-order chi connectivity index (χ0) is 23.1. The number of benzene rings is 2. The van der Waals surface area contributed by atoms with Gasteiger partial charge in [0.15, 0.2) is 0 Å². The third-order valence-corrected chi connectivity index (χ3v) is 7.81. The maximum atomic E-state index is 13.4. The molecule has 0 aliphatic carbocycles. The molecule has 2 aromatic carbocycles. The third-order valence-electron chi connectivity index (χ3n) is 5.80. The second kappa shape index (κ2) is 10.8. The van der Waals surface area contributed by atoms with E-state index in [4.69, 9.17) is 4.74 Å². The van der Waals surface area contributed by atoms with Crippen molar-refractivity contribution in [3.63, 3.8) is 0 Å². The molecule has 1 atom stereocenters. The minimum Gasteiger partial charge on any atom is -0.494 e. The molecule has 7 nitrogen and oxygen atoms in total. The van der Waals surface area contributed by atoms with E-state index in [1.54, 1.807) is 24.3 Å². The van der Waals surface area contributed by atoms with Gasteiger partial charge in [-0.15, -0.1) is 0 Å². The fraction of sp³-hybridized carbons (Fsp3) is 0.458. The molecular formula is C24H33N3O4S. The minimum absolute atomic E-state index is 0.0998. The Labute approximate surface area is 191 Å². The molecule has 1 aliphatic rings. The van der Waals surface area contributed by atoms with Crippen LogP contribution in [0.5, 0.6) is 5.75 Å². The summed E-state index contributed by atoms with van der Waals surface area (Å²) in [7, 11) is -3.75. The highest BCUT2D eigenvalue weighted by atomic mass is 32.2. The lowest BCUT2D eigenvalue weighted by molar-refractivity contribution is -0.126. The fourth-order valence-electron chi connectivity index (χ4n) is 3.99. The van der Waals surface area contributed by atoms with Crippen molar-refractivity contribution in [2.75, 3.05) is 30.5 Å². The second-order valence-electron chi connectivity index (χ2n) is 7.94. The summed E-state index contributed by atoms with van der Waals surface area (Å²) in [6, 6.07) is 15.0.